The van der Waals surface area contributed by atoms with Gasteiger partial charge < -0.3 is 5.32 Å². The minimum absolute atomic E-state index is 0.0745. The molecule has 86 valence electrons. The summed E-state index contributed by atoms with van der Waals surface area (Å²) in [5, 5.41) is 9.89. The van der Waals surface area contributed by atoms with Crippen molar-refractivity contribution in [1.82, 2.24) is 10.2 Å². The van der Waals surface area contributed by atoms with Crippen LogP contribution in [0.1, 0.15) is 11.6 Å². The molecule has 6 heteroatoms. The maximum Gasteiger partial charge on any atom is 0.0901 e. The standard InChI is InChI=1S/C11H9FN4S/c12-17-10-3-1-2-8-11(10)16-9(6-13-8)7-4-14-15-5-7/h1-6,9,16H,(H,14,15). The quantitative estimate of drug-likeness (QED) is 0.857. The molecule has 1 unspecified atom stereocenters. The van der Waals surface area contributed by atoms with Crippen molar-refractivity contribution in [3.63, 3.8) is 0 Å². The Hall–Kier alpha value is -1.82. The zero-order valence-electron chi connectivity index (χ0n) is 8.72. The number of aliphatic imine (C=N–C) groups is 1. The van der Waals surface area contributed by atoms with Crippen LogP contribution in [0.15, 0.2) is 40.5 Å². The van der Waals surface area contributed by atoms with E-state index in [0.29, 0.717) is 4.90 Å². The summed E-state index contributed by atoms with van der Waals surface area (Å²) in [5.41, 5.74) is 2.46. The summed E-state index contributed by atoms with van der Waals surface area (Å²) in [7, 11) is 0. The Morgan fingerprint density at radius 1 is 1.35 bits per heavy atom. The Balaban J connectivity index is 1.99. The number of para-hydroxylation sites is 1. The number of fused-ring (bicyclic) bond motifs is 1. The average molecular weight is 248 g/mol. The topological polar surface area (TPSA) is 53.1 Å². The van der Waals surface area contributed by atoms with Gasteiger partial charge in [-0.3, -0.25) is 10.1 Å². The Labute approximate surface area is 102 Å². The molecule has 1 aromatic heterocycles. The van der Waals surface area contributed by atoms with Crippen molar-refractivity contribution in [2.75, 3.05) is 5.32 Å². The van der Waals surface area contributed by atoms with Gasteiger partial charge in [0.1, 0.15) is 0 Å². The Kier molecular flexibility index (Phi) is 2.56. The number of nitrogens with one attached hydrogen (secondary N) is 2. The summed E-state index contributed by atoms with van der Waals surface area (Å²) in [6.07, 6.45) is 5.31. The second-order valence-corrected chi connectivity index (χ2v) is 4.25. The summed E-state index contributed by atoms with van der Waals surface area (Å²) in [6, 6.07) is 5.29. The fourth-order valence-electron chi connectivity index (χ4n) is 1.78. The molecule has 0 amide bonds. The molecule has 1 aromatic carbocycles. The van der Waals surface area contributed by atoms with E-state index < -0.39 is 0 Å². The van der Waals surface area contributed by atoms with Crippen molar-refractivity contribution >= 4 is 29.7 Å². The van der Waals surface area contributed by atoms with Crippen LogP contribution in [0.2, 0.25) is 0 Å². The van der Waals surface area contributed by atoms with E-state index >= 15 is 0 Å². The van der Waals surface area contributed by atoms with Gasteiger partial charge in [-0.1, -0.05) is 6.07 Å². The highest BCUT2D eigenvalue weighted by Gasteiger charge is 2.19. The van der Waals surface area contributed by atoms with Crippen LogP contribution in [0.3, 0.4) is 0 Å². The van der Waals surface area contributed by atoms with Crippen molar-refractivity contribution < 1.29 is 3.89 Å². The van der Waals surface area contributed by atoms with Crippen LogP contribution in [0.25, 0.3) is 0 Å². The van der Waals surface area contributed by atoms with Gasteiger partial charge in [-0.25, -0.2) is 0 Å². The zero-order chi connectivity index (χ0) is 11.7. The van der Waals surface area contributed by atoms with Gasteiger partial charge in [-0.05, 0) is 12.1 Å². The molecule has 3 rings (SSSR count). The number of rotatable bonds is 2. The van der Waals surface area contributed by atoms with Gasteiger partial charge >= 0.3 is 0 Å². The van der Waals surface area contributed by atoms with E-state index in [2.05, 4.69) is 20.5 Å². The normalized spacial score (nSPS) is 17.6. The van der Waals surface area contributed by atoms with Crippen molar-refractivity contribution in [3.8, 4) is 0 Å². The van der Waals surface area contributed by atoms with Crippen molar-refractivity contribution in [1.29, 1.82) is 0 Å². The van der Waals surface area contributed by atoms with Crippen molar-refractivity contribution in [2.24, 2.45) is 4.99 Å². The average Bonchev–Trinajstić information content (AvgIpc) is 2.91. The Morgan fingerprint density at radius 3 is 3.06 bits per heavy atom. The summed E-state index contributed by atoms with van der Waals surface area (Å²) in [5.74, 6) is 0. The molecule has 17 heavy (non-hydrogen) atoms. The number of halogens is 1. The molecule has 0 saturated carbocycles. The smallest absolute Gasteiger partial charge is 0.0901 e. The van der Waals surface area contributed by atoms with E-state index in [1.54, 1.807) is 30.7 Å². The van der Waals surface area contributed by atoms with E-state index in [4.69, 9.17) is 0 Å². The number of aromatic nitrogens is 2. The highest BCUT2D eigenvalue weighted by atomic mass is 32.2. The minimum atomic E-state index is -0.0745. The Morgan fingerprint density at radius 2 is 2.29 bits per heavy atom. The van der Waals surface area contributed by atoms with Crippen LogP contribution >= 0.6 is 12.1 Å². The molecular formula is C11H9FN4S. The lowest BCUT2D eigenvalue weighted by atomic mass is 10.1. The maximum absolute atomic E-state index is 12.8. The molecule has 2 heterocycles. The molecular weight excluding hydrogens is 239 g/mol. The first-order valence-electron chi connectivity index (χ1n) is 5.09. The molecule has 0 radical (unpaired) electrons. The first-order valence-corrected chi connectivity index (χ1v) is 5.81. The molecule has 2 N–H and O–H groups in total. The number of benzene rings is 1. The number of nitrogens with zero attached hydrogens (tertiary/aromatic N) is 2. The second-order valence-electron chi connectivity index (χ2n) is 3.66. The summed E-state index contributed by atoms with van der Waals surface area (Å²) < 4.78 is 12.8. The summed E-state index contributed by atoms with van der Waals surface area (Å²) in [4.78, 5) is 4.88. The third kappa shape index (κ3) is 1.80. The third-order valence-corrected chi connectivity index (χ3v) is 3.13. The van der Waals surface area contributed by atoms with Crippen LogP contribution in [0.5, 0.6) is 0 Å². The van der Waals surface area contributed by atoms with E-state index in [0.717, 1.165) is 16.9 Å². The molecule has 0 spiro atoms. The lowest BCUT2D eigenvalue weighted by Gasteiger charge is -2.21. The lowest BCUT2D eigenvalue weighted by Crippen LogP contribution is -2.15. The van der Waals surface area contributed by atoms with Crippen molar-refractivity contribution in [3.05, 3.63) is 36.2 Å². The van der Waals surface area contributed by atoms with E-state index in [9.17, 15) is 3.89 Å². The molecule has 0 bridgehead atoms. The van der Waals surface area contributed by atoms with Gasteiger partial charge in [0.2, 0.25) is 0 Å². The molecule has 2 aromatic rings. The number of aromatic amines is 1. The van der Waals surface area contributed by atoms with Gasteiger partial charge in [-0.2, -0.15) is 8.98 Å². The highest BCUT2D eigenvalue weighted by Crippen LogP contribution is 2.39. The van der Waals surface area contributed by atoms with Crippen LogP contribution in [-0.4, -0.2) is 16.4 Å². The van der Waals surface area contributed by atoms with Crippen molar-refractivity contribution in [2.45, 2.75) is 10.9 Å². The first kappa shape index (κ1) is 10.3. The second kappa shape index (κ2) is 4.21. The van der Waals surface area contributed by atoms with E-state index in [1.807, 2.05) is 6.07 Å². The third-order valence-electron chi connectivity index (χ3n) is 2.63. The minimum Gasteiger partial charge on any atom is -0.370 e. The molecule has 4 nitrogen and oxygen atoms in total. The van der Waals surface area contributed by atoms with Crippen LogP contribution in [-0.2, 0) is 0 Å². The Bertz CT molecular complexity index is 553. The molecule has 0 aliphatic carbocycles. The molecule has 1 aliphatic rings. The predicted molar refractivity (Wildman–Crippen MR) is 66.5 cm³/mol. The maximum atomic E-state index is 12.8. The van der Waals surface area contributed by atoms with Gasteiger partial charge in [0, 0.05) is 18.0 Å². The molecule has 0 saturated heterocycles. The number of hydrogen-bond donors (Lipinski definition) is 2. The SMILES string of the molecule is FSc1cccc2c1NC(c1cn[nH]c1)C=N2. The van der Waals surface area contributed by atoms with Gasteiger partial charge in [0.05, 0.1) is 40.7 Å². The number of anilines is 1. The van der Waals surface area contributed by atoms with Crippen LogP contribution in [0, 0.1) is 0 Å². The van der Waals surface area contributed by atoms with Crippen LogP contribution < -0.4 is 5.32 Å². The number of H-pyrrole nitrogens is 1. The molecule has 1 atom stereocenters. The monoisotopic (exact) mass is 248 g/mol. The van der Waals surface area contributed by atoms with E-state index in [-0.39, 0.29) is 18.2 Å². The predicted octanol–water partition coefficient (Wildman–Crippen LogP) is 3.26. The summed E-state index contributed by atoms with van der Waals surface area (Å²) >= 11 is 0.223. The van der Waals surface area contributed by atoms with Gasteiger partial charge in [0.15, 0.2) is 0 Å². The largest absolute Gasteiger partial charge is 0.370 e. The fourth-order valence-corrected chi connectivity index (χ4v) is 2.16. The zero-order valence-corrected chi connectivity index (χ0v) is 9.54. The van der Waals surface area contributed by atoms with Crippen LogP contribution in [0.4, 0.5) is 15.3 Å². The van der Waals surface area contributed by atoms with Gasteiger partial charge in [-0.15, -0.1) is 0 Å². The highest BCUT2D eigenvalue weighted by molar-refractivity contribution is 7.94. The molecule has 0 fully saturated rings. The first-order chi connectivity index (χ1) is 8.38. The van der Waals surface area contributed by atoms with E-state index in [1.165, 1.54) is 0 Å². The summed E-state index contributed by atoms with van der Waals surface area (Å²) in [6.45, 7) is 0. The fraction of sp³-hybridized carbons (Fsp3) is 0.0909. The molecule has 1 aliphatic heterocycles. The lowest BCUT2D eigenvalue weighted by molar-refractivity contribution is 0.931. The number of hydrogen-bond acceptors (Lipinski definition) is 4. The van der Waals surface area contributed by atoms with Gasteiger partial charge in [0.25, 0.3) is 0 Å².